The molecule has 0 aliphatic carbocycles. The average molecular weight is 352 g/mol. The summed E-state index contributed by atoms with van der Waals surface area (Å²) in [5.41, 5.74) is 7.62. The minimum atomic E-state index is -4.72. The lowest BCUT2D eigenvalue weighted by Gasteiger charge is -2.13. The first-order chi connectivity index (χ1) is 11.8. The van der Waals surface area contributed by atoms with E-state index in [2.05, 4.69) is 10.1 Å². The maximum atomic E-state index is 12.1. The minimum absolute atomic E-state index is 0.185. The molecule has 0 heterocycles. The predicted octanol–water partition coefficient (Wildman–Crippen LogP) is 3.16. The Morgan fingerprint density at radius 3 is 2.28 bits per heavy atom. The Kier molecular flexibility index (Phi) is 6.41. The number of hydrogen-bond donors (Lipinski definition) is 2. The number of amides is 1. The molecule has 0 saturated carbocycles. The molecule has 0 bridgehead atoms. The van der Waals surface area contributed by atoms with Gasteiger partial charge in [0, 0.05) is 6.54 Å². The molecule has 0 unspecified atom stereocenters. The molecule has 0 aromatic heterocycles. The fourth-order valence-electron chi connectivity index (χ4n) is 2.23. The van der Waals surface area contributed by atoms with Gasteiger partial charge in [-0.1, -0.05) is 42.5 Å². The predicted molar refractivity (Wildman–Crippen MR) is 87.7 cm³/mol. The Balaban J connectivity index is 1.77. The quantitative estimate of drug-likeness (QED) is 0.805. The van der Waals surface area contributed by atoms with Gasteiger partial charge in [-0.25, -0.2) is 0 Å². The van der Waals surface area contributed by atoms with E-state index >= 15 is 0 Å². The topological polar surface area (TPSA) is 64.4 Å². The highest BCUT2D eigenvalue weighted by Crippen LogP contribution is 2.22. The van der Waals surface area contributed by atoms with Crippen LogP contribution in [0.5, 0.6) is 5.75 Å². The minimum Gasteiger partial charge on any atom is -0.406 e. The number of benzene rings is 2. The molecule has 25 heavy (non-hydrogen) atoms. The summed E-state index contributed by atoms with van der Waals surface area (Å²) in [6.45, 7) is 0.185. The van der Waals surface area contributed by atoms with Crippen molar-refractivity contribution in [2.75, 3.05) is 0 Å². The first-order valence-electron chi connectivity index (χ1n) is 7.75. The lowest BCUT2D eigenvalue weighted by molar-refractivity contribution is -0.274. The van der Waals surface area contributed by atoms with Crippen LogP contribution in [0, 0.1) is 0 Å². The molecule has 4 nitrogen and oxygen atoms in total. The number of hydrogen-bond acceptors (Lipinski definition) is 3. The maximum Gasteiger partial charge on any atom is 0.573 e. The summed E-state index contributed by atoms with van der Waals surface area (Å²) >= 11 is 0. The molecule has 0 aliphatic rings. The number of nitrogens with one attached hydrogen (secondary N) is 1. The van der Waals surface area contributed by atoms with E-state index in [1.54, 1.807) is 0 Å². The van der Waals surface area contributed by atoms with Crippen LogP contribution in [0.2, 0.25) is 0 Å². The molecule has 134 valence electrons. The van der Waals surface area contributed by atoms with Gasteiger partial charge in [0.25, 0.3) is 0 Å². The van der Waals surface area contributed by atoms with Crippen LogP contribution in [0.15, 0.2) is 54.6 Å². The van der Waals surface area contributed by atoms with Gasteiger partial charge in [-0.15, -0.1) is 13.2 Å². The first-order valence-corrected chi connectivity index (χ1v) is 7.75. The van der Waals surface area contributed by atoms with Gasteiger partial charge < -0.3 is 15.8 Å². The van der Waals surface area contributed by atoms with E-state index < -0.39 is 12.4 Å². The van der Waals surface area contributed by atoms with Crippen LogP contribution < -0.4 is 15.8 Å². The summed E-state index contributed by atoms with van der Waals surface area (Å²) < 4.78 is 40.0. The number of ether oxygens (including phenoxy) is 1. The van der Waals surface area contributed by atoms with Crippen molar-refractivity contribution in [2.24, 2.45) is 5.73 Å². The summed E-state index contributed by atoms with van der Waals surface area (Å²) in [4.78, 5) is 12.0. The van der Waals surface area contributed by atoms with Crippen molar-refractivity contribution in [3.05, 3.63) is 65.7 Å². The van der Waals surface area contributed by atoms with Crippen molar-refractivity contribution in [3.8, 4) is 5.75 Å². The summed E-state index contributed by atoms with van der Waals surface area (Å²) in [6, 6.07) is 14.4. The summed E-state index contributed by atoms with van der Waals surface area (Å²) in [6.07, 6.45) is -3.52. The monoisotopic (exact) mass is 352 g/mol. The van der Waals surface area contributed by atoms with E-state index in [-0.39, 0.29) is 18.2 Å². The second kappa shape index (κ2) is 8.53. The third kappa shape index (κ3) is 6.84. The van der Waals surface area contributed by atoms with Crippen LogP contribution in [0.3, 0.4) is 0 Å². The third-order valence-corrected chi connectivity index (χ3v) is 3.55. The van der Waals surface area contributed by atoms with Crippen molar-refractivity contribution < 1.29 is 22.7 Å². The molecule has 2 aromatic carbocycles. The molecule has 0 saturated heterocycles. The second-order valence-corrected chi connectivity index (χ2v) is 5.54. The van der Waals surface area contributed by atoms with Crippen LogP contribution in [-0.4, -0.2) is 18.3 Å². The van der Waals surface area contributed by atoms with Gasteiger partial charge in [-0.2, -0.15) is 0 Å². The Bertz CT molecular complexity index is 673. The van der Waals surface area contributed by atoms with Crippen molar-refractivity contribution in [1.29, 1.82) is 0 Å². The fourth-order valence-corrected chi connectivity index (χ4v) is 2.23. The van der Waals surface area contributed by atoms with Gasteiger partial charge >= 0.3 is 6.36 Å². The third-order valence-electron chi connectivity index (χ3n) is 3.55. The number of rotatable bonds is 7. The van der Waals surface area contributed by atoms with Crippen molar-refractivity contribution in [1.82, 2.24) is 5.32 Å². The lowest BCUT2D eigenvalue weighted by Crippen LogP contribution is -2.40. The Morgan fingerprint density at radius 1 is 1.04 bits per heavy atom. The van der Waals surface area contributed by atoms with E-state index in [1.807, 2.05) is 30.3 Å². The molecule has 0 fully saturated rings. The highest BCUT2D eigenvalue weighted by molar-refractivity contribution is 5.81. The van der Waals surface area contributed by atoms with Crippen molar-refractivity contribution in [3.63, 3.8) is 0 Å². The number of carbonyl (C=O) groups is 1. The SMILES string of the molecule is N[C@@H](CCc1ccccc1)C(=O)NCc1ccc(OC(F)(F)F)cc1. The van der Waals surface area contributed by atoms with Crippen LogP contribution in [0.1, 0.15) is 17.5 Å². The zero-order valence-corrected chi connectivity index (χ0v) is 13.4. The van der Waals surface area contributed by atoms with Crippen LogP contribution in [0.4, 0.5) is 13.2 Å². The molecule has 0 spiro atoms. The number of nitrogens with two attached hydrogens (primary N) is 1. The largest absolute Gasteiger partial charge is 0.573 e. The molecule has 1 atom stereocenters. The van der Waals surface area contributed by atoms with E-state index in [9.17, 15) is 18.0 Å². The molecule has 2 rings (SSSR count). The maximum absolute atomic E-state index is 12.1. The van der Waals surface area contributed by atoms with Crippen LogP contribution in [-0.2, 0) is 17.8 Å². The zero-order valence-electron chi connectivity index (χ0n) is 13.4. The smallest absolute Gasteiger partial charge is 0.406 e. The summed E-state index contributed by atoms with van der Waals surface area (Å²) in [7, 11) is 0. The van der Waals surface area contributed by atoms with Gasteiger partial charge in [-0.05, 0) is 36.1 Å². The molecule has 3 N–H and O–H groups in total. The van der Waals surface area contributed by atoms with Crippen molar-refractivity contribution >= 4 is 5.91 Å². The van der Waals surface area contributed by atoms with Gasteiger partial charge in [0.05, 0.1) is 6.04 Å². The molecule has 0 aliphatic heterocycles. The van der Waals surface area contributed by atoms with Gasteiger partial charge in [0.1, 0.15) is 5.75 Å². The van der Waals surface area contributed by atoms with E-state index in [0.29, 0.717) is 18.4 Å². The number of carbonyl (C=O) groups excluding carboxylic acids is 1. The normalized spacial score (nSPS) is 12.5. The zero-order chi connectivity index (χ0) is 18.3. The molecular weight excluding hydrogens is 333 g/mol. The Labute approximate surface area is 143 Å². The number of halogens is 3. The first kappa shape index (κ1) is 18.8. The van der Waals surface area contributed by atoms with Crippen LogP contribution in [0.25, 0.3) is 0 Å². The van der Waals surface area contributed by atoms with E-state index in [1.165, 1.54) is 24.3 Å². The standard InChI is InChI=1S/C18H19F3N2O2/c19-18(20,21)25-15-9-6-14(7-10-15)12-23-17(24)16(22)11-8-13-4-2-1-3-5-13/h1-7,9-10,16H,8,11-12,22H2,(H,23,24)/t16-/m0/s1. The van der Waals surface area contributed by atoms with Crippen molar-refractivity contribution in [2.45, 2.75) is 31.8 Å². The lowest BCUT2D eigenvalue weighted by atomic mass is 10.1. The van der Waals surface area contributed by atoms with Gasteiger partial charge in [0.2, 0.25) is 5.91 Å². The highest BCUT2D eigenvalue weighted by atomic mass is 19.4. The molecule has 1 amide bonds. The number of alkyl halides is 3. The molecule has 2 aromatic rings. The highest BCUT2D eigenvalue weighted by Gasteiger charge is 2.30. The summed E-state index contributed by atoms with van der Waals surface area (Å²) in [5, 5.41) is 2.68. The summed E-state index contributed by atoms with van der Waals surface area (Å²) in [5.74, 6) is -0.603. The van der Waals surface area contributed by atoms with Gasteiger partial charge in [0.15, 0.2) is 0 Å². The number of aryl methyl sites for hydroxylation is 1. The van der Waals surface area contributed by atoms with Gasteiger partial charge in [-0.3, -0.25) is 4.79 Å². The van der Waals surface area contributed by atoms with E-state index in [4.69, 9.17) is 5.73 Å². The Hall–Kier alpha value is -2.54. The average Bonchev–Trinajstić information content (AvgIpc) is 2.58. The molecule has 7 heteroatoms. The fraction of sp³-hybridized carbons (Fsp3) is 0.278. The molecule has 0 radical (unpaired) electrons. The molecular formula is C18H19F3N2O2. The Morgan fingerprint density at radius 2 is 1.68 bits per heavy atom. The second-order valence-electron chi connectivity index (χ2n) is 5.54. The van der Waals surface area contributed by atoms with E-state index in [0.717, 1.165) is 5.56 Å². The van der Waals surface area contributed by atoms with Crippen LogP contribution >= 0.6 is 0 Å².